The van der Waals surface area contributed by atoms with E-state index in [0.29, 0.717) is 0 Å². The lowest BCUT2D eigenvalue weighted by Gasteiger charge is -2.22. The van der Waals surface area contributed by atoms with Crippen molar-refractivity contribution in [2.24, 2.45) is 7.05 Å². The van der Waals surface area contributed by atoms with Crippen molar-refractivity contribution in [3.8, 4) is 11.3 Å². The molecule has 1 aliphatic heterocycles. The van der Waals surface area contributed by atoms with Gasteiger partial charge in [0, 0.05) is 41.6 Å². The maximum Gasteiger partial charge on any atom is 0.222 e. The summed E-state index contributed by atoms with van der Waals surface area (Å²) < 4.78 is 5.21. The summed E-state index contributed by atoms with van der Waals surface area (Å²) >= 11 is 5.85. The average Bonchev–Trinajstić information content (AvgIpc) is 3.18. The molecule has 1 aliphatic rings. The second-order valence-electron chi connectivity index (χ2n) is 7.92. The summed E-state index contributed by atoms with van der Waals surface area (Å²) in [4.78, 5) is 4.22. The molecule has 0 amide bonds. The molecule has 0 spiro atoms. The molecule has 0 bridgehead atoms. The van der Waals surface area contributed by atoms with E-state index in [2.05, 4.69) is 69.8 Å². The second-order valence-corrected chi connectivity index (χ2v) is 11.5. The Balaban J connectivity index is 1.86. The van der Waals surface area contributed by atoms with Crippen molar-refractivity contribution >= 4 is 64.7 Å². The topological polar surface area (TPSA) is 3.88 Å². The summed E-state index contributed by atoms with van der Waals surface area (Å²) in [6, 6.07) is 9.48. The minimum absolute atomic E-state index is 1.38. The molecule has 6 rings (SSSR count). The van der Waals surface area contributed by atoms with Gasteiger partial charge in [-0.15, -0.1) is 22.7 Å². The summed E-state index contributed by atoms with van der Waals surface area (Å²) in [5, 5.41) is 5.68. The fourth-order valence-corrected chi connectivity index (χ4v) is 8.49. The molecule has 0 saturated heterocycles. The van der Waals surface area contributed by atoms with Crippen LogP contribution in [0.2, 0.25) is 0 Å². The SMILES string of the molecule is Cc1cc2c(s1)sc1c3cc[n+](C)c4c3c(cc21)Sc1c(C)cc(C)c(C)c1-4. The van der Waals surface area contributed by atoms with Gasteiger partial charge in [-0.3, -0.25) is 0 Å². The highest BCUT2D eigenvalue weighted by Crippen LogP contribution is 2.53. The smallest absolute Gasteiger partial charge is 0.200 e. The van der Waals surface area contributed by atoms with Crippen LogP contribution >= 0.6 is 34.4 Å². The quantitative estimate of drug-likeness (QED) is 0.232. The second kappa shape index (κ2) is 5.59. The molecule has 28 heavy (non-hydrogen) atoms. The molecule has 0 radical (unpaired) electrons. The van der Waals surface area contributed by atoms with Gasteiger partial charge in [-0.25, -0.2) is 4.57 Å². The van der Waals surface area contributed by atoms with Gasteiger partial charge in [0.05, 0.1) is 15.0 Å². The molecule has 0 aliphatic carbocycles. The number of hydrogen-bond acceptors (Lipinski definition) is 3. The maximum atomic E-state index is 2.45. The van der Waals surface area contributed by atoms with E-state index in [9.17, 15) is 0 Å². The van der Waals surface area contributed by atoms with E-state index in [-0.39, 0.29) is 0 Å². The Morgan fingerprint density at radius 1 is 0.857 bits per heavy atom. The summed E-state index contributed by atoms with van der Waals surface area (Å²) in [5.74, 6) is 0. The number of thiophene rings is 2. The van der Waals surface area contributed by atoms with Crippen molar-refractivity contribution in [3.05, 3.63) is 52.0 Å². The summed E-state index contributed by atoms with van der Waals surface area (Å²) in [6.45, 7) is 8.99. The fraction of sp³-hybridized carbons (Fsp3) is 0.208. The number of aromatic nitrogens is 1. The highest BCUT2D eigenvalue weighted by Gasteiger charge is 2.31. The van der Waals surface area contributed by atoms with Crippen LogP contribution < -0.4 is 4.57 Å². The molecule has 1 nitrogen and oxygen atoms in total. The van der Waals surface area contributed by atoms with Gasteiger partial charge in [-0.05, 0) is 56.5 Å². The van der Waals surface area contributed by atoms with Crippen molar-refractivity contribution in [1.29, 1.82) is 0 Å². The first-order chi connectivity index (χ1) is 13.4. The molecule has 3 aromatic heterocycles. The minimum atomic E-state index is 1.38. The third-order valence-electron chi connectivity index (χ3n) is 6.07. The number of aryl methyl sites for hydroxylation is 4. The van der Waals surface area contributed by atoms with Crippen LogP contribution in [0.25, 0.3) is 41.5 Å². The number of pyridine rings is 1. The van der Waals surface area contributed by atoms with Crippen molar-refractivity contribution in [2.45, 2.75) is 37.5 Å². The number of nitrogens with zero attached hydrogens (tertiary/aromatic N) is 1. The Morgan fingerprint density at radius 2 is 1.68 bits per heavy atom. The van der Waals surface area contributed by atoms with E-state index < -0.39 is 0 Å². The summed E-state index contributed by atoms with van der Waals surface area (Å²) in [5.41, 5.74) is 6.97. The third-order valence-corrected chi connectivity index (χ3v) is 9.74. The van der Waals surface area contributed by atoms with Crippen LogP contribution in [0.15, 0.2) is 40.3 Å². The van der Waals surface area contributed by atoms with Gasteiger partial charge in [-0.2, -0.15) is 0 Å². The monoisotopic (exact) mass is 418 g/mol. The number of benzene rings is 2. The van der Waals surface area contributed by atoms with Crippen LogP contribution in [-0.2, 0) is 7.05 Å². The van der Waals surface area contributed by atoms with Gasteiger partial charge in [-0.1, -0.05) is 17.8 Å². The van der Waals surface area contributed by atoms with Crippen LogP contribution in [0.1, 0.15) is 21.6 Å². The molecule has 0 fully saturated rings. The van der Waals surface area contributed by atoms with Crippen LogP contribution in [0.3, 0.4) is 0 Å². The standard InChI is InChI=1S/C24H20NS3/c1-11-8-12(2)22-19(14(11)4)21-20-15(6-7-25(21)5)23-16(10-18(20)27-22)17-9-13(3)26-24(17)28-23/h6-10H,1-5H3/q+1. The molecule has 0 unspecified atom stereocenters. The van der Waals surface area contributed by atoms with Crippen LogP contribution in [0.4, 0.5) is 0 Å². The van der Waals surface area contributed by atoms with Crippen LogP contribution in [0.5, 0.6) is 0 Å². The Hall–Kier alpha value is -1.88. The first kappa shape index (κ1) is 17.0. The van der Waals surface area contributed by atoms with Gasteiger partial charge >= 0.3 is 0 Å². The molecule has 138 valence electrons. The highest BCUT2D eigenvalue weighted by molar-refractivity contribution is 8.00. The Labute approximate surface area is 176 Å². The molecular formula is C24H20NS3+. The highest BCUT2D eigenvalue weighted by atomic mass is 32.2. The Kier molecular flexibility index (Phi) is 3.40. The van der Waals surface area contributed by atoms with Crippen LogP contribution in [0, 0.1) is 27.7 Å². The van der Waals surface area contributed by atoms with E-state index in [1.54, 1.807) is 0 Å². The molecule has 2 aromatic carbocycles. The normalized spacial score (nSPS) is 13.0. The Morgan fingerprint density at radius 3 is 2.50 bits per heavy atom. The molecule has 0 atom stereocenters. The van der Waals surface area contributed by atoms with Gasteiger partial charge in [0.25, 0.3) is 0 Å². The predicted molar refractivity (Wildman–Crippen MR) is 124 cm³/mol. The first-order valence-corrected chi connectivity index (χ1v) is 12.0. The van der Waals surface area contributed by atoms with Gasteiger partial charge in [0.15, 0.2) is 6.20 Å². The van der Waals surface area contributed by atoms with Crippen molar-refractivity contribution in [3.63, 3.8) is 0 Å². The number of hydrogen-bond donors (Lipinski definition) is 0. The molecule has 0 saturated carbocycles. The van der Waals surface area contributed by atoms with E-state index in [4.69, 9.17) is 0 Å². The van der Waals surface area contributed by atoms with E-state index in [1.807, 2.05) is 34.4 Å². The zero-order valence-electron chi connectivity index (χ0n) is 16.6. The van der Waals surface area contributed by atoms with Crippen molar-refractivity contribution in [2.75, 3.05) is 0 Å². The Bertz CT molecular complexity index is 1480. The number of rotatable bonds is 0. The zero-order valence-corrected chi connectivity index (χ0v) is 19.0. The van der Waals surface area contributed by atoms with Gasteiger partial charge in [0.2, 0.25) is 5.69 Å². The van der Waals surface area contributed by atoms with E-state index in [0.717, 1.165) is 0 Å². The largest absolute Gasteiger partial charge is 0.222 e. The lowest BCUT2D eigenvalue weighted by Crippen LogP contribution is -2.32. The molecule has 4 heteroatoms. The van der Waals surface area contributed by atoms with Crippen molar-refractivity contribution in [1.82, 2.24) is 0 Å². The lowest BCUT2D eigenvalue weighted by atomic mass is 9.93. The van der Waals surface area contributed by atoms with E-state index >= 15 is 0 Å². The zero-order chi connectivity index (χ0) is 19.3. The summed E-state index contributed by atoms with van der Waals surface area (Å²) in [7, 11) is 2.19. The molecule has 5 aromatic rings. The molecular weight excluding hydrogens is 398 g/mol. The minimum Gasteiger partial charge on any atom is -0.200 e. The fourth-order valence-electron chi connectivity index (χ4n) is 4.63. The predicted octanol–water partition coefficient (Wildman–Crippen LogP) is 7.46. The van der Waals surface area contributed by atoms with E-state index in [1.165, 1.54) is 72.9 Å². The third kappa shape index (κ3) is 2.06. The average molecular weight is 419 g/mol. The lowest BCUT2D eigenvalue weighted by molar-refractivity contribution is -0.659. The van der Waals surface area contributed by atoms with Crippen LogP contribution in [-0.4, -0.2) is 0 Å². The van der Waals surface area contributed by atoms with Crippen molar-refractivity contribution < 1.29 is 4.57 Å². The molecule has 4 heterocycles. The first-order valence-electron chi connectivity index (χ1n) is 9.51. The molecule has 0 N–H and O–H groups in total. The van der Waals surface area contributed by atoms with Gasteiger partial charge < -0.3 is 0 Å². The number of fused-ring (bicyclic) bond motifs is 6. The van der Waals surface area contributed by atoms with Gasteiger partial charge in [0.1, 0.15) is 7.05 Å². The summed E-state index contributed by atoms with van der Waals surface area (Å²) in [6.07, 6.45) is 2.25. The maximum absolute atomic E-state index is 2.45.